The van der Waals surface area contributed by atoms with Gasteiger partial charge in [-0.25, -0.2) is 13.8 Å². The maximum atomic E-state index is 16.8. The molecule has 2 saturated heterocycles. The normalized spacial score (nSPS) is 19.4. The van der Waals surface area contributed by atoms with Gasteiger partial charge in [-0.05, 0) is 27.0 Å². The number of carbonyl (C=O) groups is 1. The number of morpholine rings is 1. The van der Waals surface area contributed by atoms with Crippen LogP contribution in [0.5, 0.6) is 0 Å². The smallest absolute Gasteiger partial charge is 0.378 e. The number of nitrogens with two attached hydrogens (primary N) is 1. The highest BCUT2D eigenvalue weighted by molar-refractivity contribution is 5.94. The molecule has 238 valence electrons. The zero-order valence-corrected chi connectivity index (χ0v) is 24.7. The molecular weight excluding hydrogens is 601 g/mol. The molecule has 0 unspecified atom stereocenters. The third kappa shape index (κ3) is 5.95. The number of rotatable bonds is 5. The van der Waals surface area contributed by atoms with Gasteiger partial charge < -0.3 is 20.3 Å². The summed E-state index contributed by atoms with van der Waals surface area (Å²) in [5, 5.41) is 9.86. The van der Waals surface area contributed by atoms with E-state index in [4.69, 9.17) is 10.5 Å². The number of halogens is 5. The van der Waals surface area contributed by atoms with E-state index < -0.39 is 51.7 Å². The van der Waals surface area contributed by atoms with Crippen LogP contribution in [0.1, 0.15) is 35.3 Å². The molecule has 0 saturated carbocycles. The number of ether oxygens (including phenoxy) is 1. The van der Waals surface area contributed by atoms with Crippen molar-refractivity contribution in [3.8, 4) is 22.9 Å². The van der Waals surface area contributed by atoms with E-state index in [1.807, 2.05) is 27.0 Å². The van der Waals surface area contributed by atoms with E-state index >= 15 is 8.78 Å². The first-order chi connectivity index (χ1) is 21.2. The first-order valence-electron chi connectivity index (χ1n) is 14.1. The monoisotopic (exact) mass is 631 g/mol. The predicted octanol–water partition coefficient (Wildman–Crippen LogP) is 3.53. The second-order valence-electron chi connectivity index (χ2n) is 11.2. The van der Waals surface area contributed by atoms with Crippen LogP contribution < -0.4 is 21.1 Å². The van der Waals surface area contributed by atoms with Crippen LogP contribution in [-0.4, -0.2) is 78.9 Å². The standard InChI is InChI=1S/C30H30F5N7O3/c1-16-13-41(14-17(2)39(16)3)23-10-22(31)25(19-8-18(11-36)29(38-12-19)40-4-6-45-7-5-40)26(32)27(23)42-15-20(28(37)44)21(9-24(42)43)30(33,34)35/h8-10,12,15-17H,4-7,13-14H2,1-3H3,(H2,37,44)/t16-,17+. The van der Waals surface area contributed by atoms with Crippen molar-refractivity contribution in [1.29, 1.82) is 5.26 Å². The number of amides is 1. The van der Waals surface area contributed by atoms with Gasteiger partial charge in [-0.1, -0.05) is 0 Å². The molecule has 5 rings (SSSR count). The van der Waals surface area contributed by atoms with E-state index in [-0.39, 0.29) is 48.1 Å². The fourth-order valence-electron chi connectivity index (χ4n) is 5.77. The van der Waals surface area contributed by atoms with Gasteiger partial charge in [0.05, 0.1) is 41.2 Å². The predicted molar refractivity (Wildman–Crippen MR) is 155 cm³/mol. The molecule has 2 N–H and O–H groups in total. The Labute approximate surface area is 255 Å². The van der Waals surface area contributed by atoms with Crippen LogP contribution in [0.15, 0.2) is 35.4 Å². The van der Waals surface area contributed by atoms with Gasteiger partial charge in [0.25, 0.3) is 11.5 Å². The summed E-state index contributed by atoms with van der Waals surface area (Å²) in [7, 11) is 1.89. The number of likely N-dealkylation sites (N-methyl/N-ethyl adjacent to an activating group) is 1. The summed E-state index contributed by atoms with van der Waals surface area (Å²) in [5.74, 6) is -3.55. The lowest BCUT2D eigenvalue weighted by Crippen LogP contribution is -2.55. The molecule has 0 aliphatic carbocycles. The Balaban J connectivity index is 1.77. The molecule has 2 aliphatic heterocycles. The van der Waals surface area contributed by atoms with Crippen molar-refractivity contribution in [2.24, 2.45) is 5.73 Å². The second kappa shape index (κ2) is 12.1. The minimum atomic E-state index is -5.11. The fraction of sp³-hybridized carbons (Fsp3) is 0.400. The summed E-state index contributed by atoms with van der Waals surface area (Å²) in [6.45, 7) is 6.01. The minimum absolute atomic E-state index is 0.0308. The number of aromatic nitrogens is 2. The summed E-state index contributed by atoms with van der Waals surface area (Å²) in [6.07, 6.45) is -3.40. The summed E-state index contributed by atoms with van der Waals surface area (Å²) < 4.78 is 79.9. The first-order valence-corrected chi connectivity index (χ1v) is 14.1. The van der Waals surface area contributed by atoms with Crippen LogP contribution in [0, 0.1) is 23.0 Å². The van der Waals surface area contributed by atoms with Crippen LogP contribution >= 0.6 is 0 Å². The molecule has 2 aromatic heterocycles. The summed E-state index contributed by atoms with van der Waals surface area (Å²) in [5.41, 5.74) is -0.167. The first kappa shape index (κ1) is 31.9. The Kier molecular flexibility index (Phi) is 8.56. The summed E-state index contributed by atoms with van der Waals surface area (Å²) in [6, 6.07) is 4.20. The third-order valence-electron chi connectivity index (χ3n) is 8.32. The molecule has 3 aromatic rings. The number of anilines is 2. The number of nitrogens with zero attached hydrogens (tertiary/aromatic N) is 6. The zero-order valence-electron chi connectivity index (χ0n) is 24.7. The van der Waals surface area contributed by atoms with Gasteiger partial charge in [-0.3, -0.25) is 19.1 Å². The molecule has 0 spiro atoms. The molecule has 2 aliphatic rings. The van der Waals surface area contributed by atoms with E-state index in [0.29, 0.717) is 42.9 Å². The maximum Gasteiger partial charge on any atom is 0.417 e. The van der Waals surface area contributed by atoms with E-state index in [1.165, 1.54) is 12.3 Å². The molecular formula is C30H30F5N7O3. The molecule has 2 atom stereocenters. The average molecular weight is 632 g/mol. The Bertz CT molecular complexity index is 1740. The van der Waals surface area contributed by atoms with Crippen molar-refractivity contribution in [3.05, 3.63) is 69.3 Å². The Morgan fingerprint density at radius 3 is 2.31 bits per heavy atom. The zero-order chi connectivity index (χ0) is 32.8. The van der Waals surface area contributed by atoms with Crippen molar-refractivity contribution in [3.63, 3.8) is 0 Å². The quantitative estimate of drug-likeness (QED) is 0.425. The lowest BCUT2D eigenvalue weighted by molar-refractivity contribution is -0.138. The highest BCUT2D eigenvalue weighted by Crippen LogP contribution is 2.39. The van der Waals surface area contributed by atoms with Gasteiger partial charge in [-0.15, -0.1) is 0 Å². The molecule has 15 heteroatoms. The molecule has 0 bridgehead atoms. The molecule has 4 heterocycles. The van der Waals surface area contributed by atoms with Crippen LogP contribution in [0.4, 0.5) is 33.5 Å². The van der Waals surface area contributed by atoms with E-state index in [1.54, 1.807) is 9.80 Å². The molecule has 45 heavy (non-hydrogen) atoms. The Hall–Kier alpha value is -4.55. The third-order valence-corrected chi connectivity index (χ3v) is 8.32. The SMILES string of the molecule is C[C@@H]1CN(c2cc(F)c(-c3cnc(N4CCOCC4)c(C#N)c3)c(F)c2-n2cc(C(N)=O)c(C(F)(F)F)cc2=O)C[C@H](C)N1C. The van der Waals surface area contributed by atoms with Gasteiger partial charge >= 0.3 is 6.18 Å². The van der Waals surface area contributed by atoms with Crippen molar-refractivity contribution >= 4 is 17.4 Å². The largest absolute Gasteiger partial charge is 0.417 e. The number of pyridine rings is 2. The number of hydrogen-bond acceptors (Lipinski definition) is 8. The van der Waals surface area contributed by atoms with E-state index in [9.17, 15) is 28.0 Å². The van der Waals surface area contributed by atoms with Crippen molar-refractivity contribution in [1.82, 2.24) is 14.5 Å². The number of nitriles is 1. The molecule has 1 amide bonds. The topological polar surface area (TPSA) is 121 Å². The van der Waals surface area contributed by atoms with Crippen LogP contribution in [0.2, 0.25) is 0 Å². The highest BCUT2D eigenvalue weighted by atomic mass is 19.4. The number of alkyl halides is 3. The van der Waals surface area contributed by atoms with E-state index in [2.05, 4.69) is 9.88 Å². The van der Waals surface area contributed by atoms with E-state index in [0.717, 1.165) is 6.07 Å². The Morgan fingerprint density at radius 1 is 1.09 bits per heavy atom. The van der Waals surface area contributed by atoms with Crippen LogP contribution in [-0.2, 0) is 10.9 Å². The second-order valence-corrected chi connectivity index (χ2v) is 11.2. The number of carbonyl (C=O) groups excluding carboxylic acids is 1. The van der Waals surface area contributed by atoms with Crippen molar-refractivity contribution in [2.75, 3.05) is 56.2 Å². The Morgan fingerprint density at radius 2 is 1.73 bits per heavy atom. The number of primary amides is 1. The van der Waals surface area contributed by atoms with Crippen LogP contribution in [0.25, 0.3) is 16.8 Å². The van der Waals surface area contributed by atoms with Crippen molar-refractivity contribution < 1.29 is 31.5 Å². The van der Waals surface area contributed by atoms with Crippen LogP contribution in [0.3, 0.4) is 0 Å². The molecule has 2 fully saturated rings. The lowest BCUT2D eigenvalue weighted by Gasteiger charge is -2.44. The average Bonchev–Trinajstić information content (AvgIpc) is 2.99. The lowest BCUT2D eigenvalue weighted by atomic mass is 10.00. The van der Waals surface area contributed by atoms with Gasteiger partial charge in [0.15, 0.2) is 5.82 Å². The van der Waals surface area contributed by atoms with Gasteiger partial charge in [0.2, 0.25) is 0 Å². The number of hydrogen-bond donors (Lipinski definition) is 1. The summed E-state index contributed by atoms with van der Waals surface area (Å²) >= 11 is 0. The van der Waals surface area contributed by atoms with Crippen molar-refractivity contribution in [2.45, 2.75) is 32.1 Å². The maximum absolute atomic E-state index is 16.8. The molecule has 10 nitrogen and oxygen atoms in total. The number of piperazine rings is 1. The fourth-order valence-corrected chi connectivity index (χ4v) is 5.77. The molecule has 1 aromatic carbocycles. The summed E-state index contributed by atoms with van der Waals surface area (Å²) in [4.78, 5) is 35.2. The van der Waals surface area contributed by atoms with Gasteiger partial charge in [0, 0.05) is 68.4 Å². The van der Waals surface area contributed by atoms with Gasteiger partial charge in [0.1, 0.15) is 23.4 Å². The molecule has 0 radical (unpaired) electrons. The number of benzene rings is 1. The highest BCUT2D eigenvalue weighted by Gasteiger charge is 2.37. The minimum Gasteiger partial charge on any atom is -0.378 e. The van der Waals surface area contributed by atoms with Gasteiger partial charge in [-0.2, -0.15) is 18.4 Å².